The number of phenolic OH excluding ortho intramolecular Hbond substituents is 1. The molecule has 5 aromatic rings. The smallest absolute Gasteiger partial charge is 0.357 e. The Labute approximate surface area is 232 Å². The van der Waals surface area contributed by atoms with Crippen molar-refractivity contribution in [1.29, 1.82) is 0 Å². The van der Waals surface area contributed by atoms with Gasteiger partial charge in [-0.1, -0.05) is 12.1 Å². The number of aryl methyl sites for hydroxylation is 2. The quantitative estimate of drug-likeness (QED) is 0.0831. The first-order valence-electron chi connectivity index (χ1n) is 12.2. The van der Waals surface area contributed by atoms with Gasteiger partial charge < -0.3 is 34.2 Å². The molecule has 214 valence electrons. The number of nitrogens with zero attached hydrogens (tertiary/aromatic N) is 6. The fourth-order valence-electron chi connectivity index (χ4n) is 4.30. The Morgan fingerprint density at radius 1 is 0.951 bits per heavy atom. The highest BCUT2D eigenvalue weighted by Gasteiger charge is 2.32. The highest BCUT2D eigenvalue weighted by atomic mass is 31.2. The normalized spacial score (nSPS) is 12.2. The minimum Gasteiger partial charge on any atom is -0.508 e. The number of anilines is 2. The summed E-state index contributed by atoms with van der Waals surface area (Å²) in [5.41, 5.74) is 5.91. The number of hydrogen-bond acceptors (Lipinski definition) is 9. The van der Waals surface area contributed by atoms with Gasteiger partial charge in [0.1, 0.15) is 12.1 Å². The molecule has 3 heterocycles. The number of hydrogen-bond donors (Lipinski definition) is 7. The van der Waals surface area contributed by atoms with Crippen LogP contribution in [-0.4, -0.2) is 60.7 Å². The van der Waals surface area contributed by atoms with Gasteiger partial charge in [-0.2, -0.15) is 0 Å². The number of phenols is 1. The maximum absolute atomic E-state index is 12.3. The van der Waals surface area contributed by atoms with Crippen LogP contribution in [0.15, 0.2) is 67.6 Å². The first-order valence-corrected chi connectivity index (χ1v) is 15.4. The molecule has 0 bridgehead atoms. The third-order valence-electron chi connectivity index (χ3n) is 6.21. The predicted octanol–water partition coefficient (Wildman–Crippen LogP) is 0.989. The number of aromatic nitrogens is 6. The molecule has 3 aromatic heterocycles. The Bertz CT molecular complexity index is 1770. The third kappa shape index (κ3) is 6.53. The average Bonchev–Trinajstić information content (AvgIpc) is 3.59. The lowest BCUT2D eigenvalue weighted by molar-refractivity contribution is 0.381. The van der Waals surface area contributed by atoms with Crippen molar-refractivity contribution in [2.24, 2.45) is 0 Å². The van der Waals surface area contributed by atoms with Crippen molar-refractivity contribution in [3.05, 3.63) is 78.9 Å². The molecule has 0 spiro atoms. The molecular weight excluding hydrogens is 574 g/mol. The molecule has 7 N–H and O–H groups in total. The minimum atomic E-state index is -5.09. The number of fused-ring (bicyclic) bond motifs is 1. The van der Waals surface area contributed by atoms with Crippen LogP contribution in [0.4, 0.5) is 11.5 Å². The second kappa shape index (κ2) is 11.5. The van der Waals surface area contributed by atoms with E-state index < -0.39 is 25.8 Å². The van der Waals surface area contributed by atoms with Crippen molar-refractivity contribution in [1.82, 2.24) is 34.9 Å². The van der Waals surface area contributed by atoms with E-state index in [0.29, 0.717) is 37.1 Å². The van der Waals surface area contributed by atoms with E-state index in [4.69, 9.17) is 0 Å². The molecule has 0 saturated heterocycles. The number of aromatic amines is 1. The van der Waals surface area contributed by atoms with Crippen LogP contribution in [0.3, 0.4) is 0 Å². The van der Waals surface area contributed by atoms with E-state index >= 15 is 0 Å². The molecule has 0 aliphatic rings. The fourth-order valence-corrected chi connectivity index (χ4v) is 6.39. The van der Waals surface area contributed by atoms with E-state index in [0.717, 1.165) is 23.4 Å². The molecule has 15 nitrogen and oxygen atoms in total. The van der Waals surface area contributed by atoms with Crippen molar-refractivity contribution in [3.8, 4) is 5.75 Å². The lowest BCUT2D eigenvalue weighted by atomic mass is 10.1. The Balaban J connectivity index is 1.54. The van der Waals surface area contributed by atoms with Crippen molar-refractivity contribution in [2.75, 3.05) is 11.6 Å². The summed E-state index contributed by atoms with van der Waals surface area (Å²) in [6.07, 6.45) is 7.19. The second-order valence-electron chi connectivity index (χ2n) is 9.06. The summed E-state index contributed by atoms with van der Waals surface area (Å²) in [7, 11) is -10.1. The molecule has 0 aliphatic carbocycles. The van der Waals surface area contributed by atoms with E-state index in [9.17, 15) is 33.8 Å². The van der Waals surface area contributed by atoms with E-state index in [1.165, 1.54) is 23.7 Å². The summed E-state index contributed by atoms with van der Waals surface area (Å²) in [5, 5.41) is 9.63. The fraction of sp³-hybridized carbons (Fsp3) is 0.167. The summed E-state index contributed by atoms with van der Waals surface area (Å²) in [6, 6.07) is 10.2. The van der Waals surface area contributed by atoms with E-state index in [1.54, 1.807) is 30.7 Å². The maximum Gasteiger partial charge on any atom is 0.357 e. The molecule has 0 unspecified atom stereocenters. The molecule has 0 saturated carbocycles. The van der Waals surface area contributed by atoms with Gasteiger partial charge in [-0.15, -0.1) is 0 Å². The zero-order valence-corrected chi connectivity index (χ0v) is 23.1. The van der Waals surface area contributed by atoms with Gasteiger partial charge in [0, 0.05) is 31.4 Å². The number of benzene rings is 2. The van der Waals surface area contributed by atoms with Gasteiger partial charge in [0.15, 0.2) is 17.0 Å². The van der Waals surface area contributed by atoms with Crippen LogP contribution in [0.5, 0.6) is 5.75 Å². The molecule has 0 aliphatic heterocycles. The van der Waals surface area contributed by atoms with Crippen LogP contribution < -0.4 is 21.0 Å². The molecular formula is C24H26N8O7P2. The monoisotopic (exact) mass is 600 g/mol. The van der Waals surface area contributed by atoms with Crippen LogP contribution in [-0.2, 0) is 28.5 Å². The summed E-state index contributed by atoms with van der Waals surface area (Å²) < 4.78 is 26.0. The zero-order valence-electron chi connectivity index (χ0n) is 21.3. The SMILES string of the molecule is O=P(O)(O)c1ccc(N(NCCc2cnc[nH]2)c2ncnc3c2ncn3CCc2cccc(O)c2)cc1P(=O)(O)O. The molecule has 2 aromatic carbocycles. The Morgan fingerprint density at radius 2 is 1.76 bits per heavy atom. The van der Waals surface area contributed by atoms with Crippen LogP contribution in [0, 0.1) is 0 Å². The van der Waals surface area contributed by atoms with Gasteiger partial charge in [-0.25, -0.2) is 25.4 Å². The molecule has 0 radical (unpaired) electrons. The maximum atomic E-state index is 12.3. The van der Waals surface area contributed by atoms with Crippen LogP contribution in [0.25, 0.3) is 11.2 Å². The molecule has 0 fully saturated rings. The average molecular weight is 600 g/mol. The molecule has 0 atom stereocenters. The van der Waals surface area contributed by atoms with Gasteiger partial charge in [-0.05, 0) is 42.3 Å². The molecule has 41 heavy (non-hydrogen) atoms. The number of aromatic hydroxyl groups is 1. The first-order chi connectivity index (χ1) is 19.5. The third-order valence-corrected chi connectivity index (χ3v) is 8.40. The minimum absolute atomic E-state index is 0.152. The summed E-state index contributed by atoms with van der Waals surface area (Å²) in [6.45, 7) is 0.806. The number of nitrogens with one attached hydrogen (secondary N) is 2. The second-order valence-corrected chi connectivity index (χ2v) is 12.2. The Kier molecular flexibility index (Phi) is 8.02. The standard InChI is InChI=1S/C24H26N8O7P2/c33-19-3-1-2-16(10-19)7-9-31-15-29-22-23(31)27-14-28-24(22)32(30-8-6-17-12-25-13-26-17)18-4-5-20(40(34,35)36)21(11-18)41(37,38)39/h1-5,10-15,30,33H,6-9H2,(H,25,26)(H2,34,35,36)(H2,37,38,39). The van der Waals surface area contributed by atoms with Gasteiger partial charge in [-0.3, -0.25) is 14.1 Å². The van der Waals surface area contributed by atoms with Crippen LogP contribution >= 0.6 is 15.2 Å². The lowest BCUT2D eigenvalue weighted by Gasteiger charge is -2.26. The van der Waals surface area contributed by atoms with E-state index in [1.807, 2.05) is 10.6 Å². The zero-order chi connectivity index (χ0) is 29.2. The number of H-pyrrole nitrogens is 1. The number of imidazole rings is 2. The van der Waals surface area contributed by atoms with Crippen molar-refractivity contribution in [3.63, 3.8) is 0 Å². The summed E-state index contributed by atoms with van der Waals surface area (Å²) >= 11 is 0. The highest BCUT2D eigenvalue weighted by Crippen LogP contribution is 2.41. The summed E-state index contributed by atoms with van der Waals surface area (Å²) in [5.74, 6) is 0.412. The van der Waals surface area contributed by atoms with Gasteiger partial charge in [0.25, 0.3) is 0 Å². The molecule has 17 heteroatoms. The first kappa shape index (κ1) is 28.6. The van der Waals surface area contributed by atoms with Crippen LogP contribution in [0.2, 0.25) is 0 Å². The number of rotatable bonds is 11. The molecule has 0 amide bonds. The Hall–Kier alpha value is -3.94. The van der Waals surface area contributed by atoms with Crippen LogP contribution in [0.1, 0.15) is 11.3 Å². The number of hydrazine groups is 1. The van der Waals surface area contributed by atoms with E-state index in [2.05, 4.69) is 30.3 Å². The van der Waals surface area contributed by atoms with Gasteiger partial charge >= 0.3 is 15.2 Å². The Morgan fingerprint density at radius 3 is 2.46 bits per heavy atom. The van der Waals surface area contributed by atoms with Crippen molar-refractivity contribution < 1.29 is 33.8 Å². The molecule has 5 rings (SSSR count). The van der Waals surface area contributed by atoms with Crippen molar-refractivity contribution in [2.45, 2.75) is 19.4 Å². The highest BCUT2D eigenvalue weighted by molar-refractivity contribution is 7.67. The predicted molar refractivity (Wildman–Crippen MR) is 149 cm³/mol. The summed E-state index contributed by atoms with van der Waals surface area (Å²) in [4.78, 5) is 59.5. The topological polar surface area (TPSA) is 223 Å². The lowest BCUT2D eigenvalue weighted by Crippen LogP contribution is -2.37. The van der Waals surface area contributed by atoms with Gasteiger partial charge in [0.05, 0.1) is 29.0 Å². The largest absolute Gasteiger partial charge is 0.508 e. The van der Waals surface area contributed by atoms with E-state index in [-0.39, 0.29) is 17.3 Å². The van der Waals surface area contributed by atoms with Gasteiger partial charge in [0.2, 0.25) is 0 Å². The van der Waals surface area contributed by atoms with Crippen molar-refractivity contribution >= 4 is 48.5 Å².